The molecule has 1 aromatic carbocycles. The van der Waals surface area contributed by atoms with Crippen molar-refractivity contribution in [2.75, 3.05) is 13.1 Å². The molecule has 3 heterocycles. The zero-order chi connectivity index (χ0) is 20.0. The molecule has 5 rings (SSSR count). The van der Waals surface area contributed by atoms with Gasteiger partial charge in [-0.25, -0.2) is 0 Å². The van der Waals surface area contributed by atoms with Crippen molar-refractivity contribution in [3.05, 3.63) is 34.9 Å². The van der Waals surface area contributed by atoms with Crippen molar-refractivity contribution in [1.29, 1.82) is 0 Å². The Morgan fingerprint density at radius 3 is 2.72 bits per heavy atom. The molecule has 1 aliphatic carbocycles. The minimum absolute atomic E-state index is 0.0856. The molecule has 1 saturated carbocycles. The Morgan fingerprint density at radius 2 is 1.93 bits per heavy atom. The quantitative estimate of drug-likeness (QED) is 0.644. The van der Waals surface area contributed by atoms with Gasteiger partial charge >= 0.3 is 0 Å². The maximum absolute atomic E-state index is 13.1. The summed E-state index contributed by atoms with van der Waals surface area (Å²) in [6.07, 6.45) is 4.45. The van der Waals surface area contributed by atoms with E-state index >= 15 is 0 Å². The van der Waals surface area contributed by atoms with Crippen LogP contribution in [-0.2, 0) is 22.7 Å². The molecule has 2 saturated heterocycles. The molecule has 3 atom stereocenters. The predicted octanol–water partition coefficient (Wildman–Crippen LogP) is 0.925. The fourth-order valence-electron chi connectivity index (χ4n) is 5.32. The molecular formula is C22H28N4O3. The topological polar surface area (TPSA) is 90.5 Å². The third-order valence-corrected chi connectivity index (χ3v) is 7.02. The monoisotopic (exact) mass is 396 g/mol. The van der Waals surface area contributed by atoms with Crippen molar-refractivity contribution >= 4 is 17.7 Å². The molecular weight excluding hydrogens is 368 g/mol. The van der Waals surface area contributed by atoms with E-state index in [9.17, 15) is 14.4 Å². The summed E-state index contributed by atoms with van der Waals surface area (Å²) in [6, 6.07) is 5.98. The lowest BCUT2D eigenvalue weighted by Crippen LogP contribution is -2.52. The fraction of sp³-hybridized carbons (Fsp3) is 0.591. The number of carbonyl (C=O) groups is 3. The van der Waals surface area contributed by atoms with Crippen LogP contribution < -0.4 is 16.0 Å². The van der Waals surface area contributed by atoms with Crippen LogP contribution in [0, 0.1) is 11.8 Å². The molecule has 0 radical (unpaired) electrons. The Balaban J connectivity index is 1.24. The number of hydrogen-bond donors (Lipinski definition) is 3. The highest BCUT2D eigenvalue weighted by Crippen LogP contribution is 2.41. The van der Waals surface area contributed by atoms with Gasteiger partial charge in [-0.3, -0.25) is 19.7 Å². The van der Waals surface area contributed by atoms with Gasteiger partial charge in [0.2, 0.25) is 11.8 Å². The highest BCUT2D eigenvalue weighted by atomic mass is 16.2. The fourth-order valence-corrected chi connectivity index (χ4v) is 5.32. The first-order chi connectivity index (χ1) is 14.1. The standard InChI is InChI=1S/C22H28N4O3/c27-19-5-4-18(21(28)25-19)26-12-15-3-1-2-14(20(15)22(26)29)11-24-17-10-16(17)13-6-8-23-9-7-13/h1-3,13,16-18,23-24H,4-12H2,(H,25,27,28)/t16-,17+,18?/m0/s1. The SMILES string of the molecule is O=C1CCC(N2Cc3cccc(CN[C@@H]4C[C@H]4C4CCNCC4)c3C2=O)C(=O)N1. The first-order valence-electron chi connectivity index (χ1n) is 10.8. The van der Waals surface area contributed by atoms with Crippen molar-refractivity contribution in [3.8, 4) is 0 Å². The Kier molecular flexibility index (Phi) is 4.87. The van der Waals surface area contributed by atoms with Crippen molar-refractivity contribution in [3.63, 3.8) is 0 Å². The van der Waals surface area contributed by atoms with Gasteiger partial charge in [0.1, 0.15) is 6.04 Å². The van der Waals surface area contributed by atoms with Crippen LogP contribution in [0.1, 0.15) is 53.6 Å². The summed E-state index contributed by atoms with van der Waals surface area (Å²) in [7, 11) is 0. The third kappa shape index (κ3) is 3.57. The van der Waals surface area contributed by atoms with E-state index < -0.39 is 6.04 Å². The maximum atomic E-state index is 13.1. The molecule has 4 aliphatic rings. The minimum Gasteiger partial charge on any atom is -0.322 e. The van der Waals surface area contributed by atoms with Crippen molar-refractivity contribution in [2.45, 2.75) is 57.3 Å². The Labute approximate surface area is 170 Å². The van der Waals surface area contributed by atoms with E-state index in [1.807, 2.05) is 18.2 Å². The highest BCUT2D eigenvalue weighted by molar-refractivity contribution is 6.05. The predicted molar refractivity (Wildman–Crippen MR) is 107 cm³/mol. The van der Waals surface area contributed by atoms with Crippen LogP contribution in [0.5, 0.6) is 0 Å². The smallest absolute Gasteiger partial charge is 0.255 e. The molecule has 7 nitrogen and oxygen atoms in total. The van der Waals surface area contributed by atoms with Gasteiger partial charge in [-0.15, -0.1) is 0 Å². The zero-order valence-corrected chi connectivity index (χ0v) is 16.6. The number of piperidine rings is 2. The molecule has 0 aromatic heterocycles. The van der Waals surface area contributed by atoms with Gasteiger partial charge in [0, 0.05) is 31.1 Å². The number of amides is 3. The number of nitrogens with one attached hydrogen (secondary N) is 3. The first kappa shape index (κ1) is 18.8. The number of benzene rings is 1. The highest BCUT2D eigenvalue weighted by Gasteiger charge is 2.43. The lowest BCUT2D eigenvalue weighted by Gasteiger charge is -2.29. The van der Waals surface area contributed by atoms with Crippen LogP contribution in [0.15, 0.2) is 18.2 Å². The Morgan fingerprint density at radius 1 is 1.10 bits per heavy atom. The van der Waals surface area contributed by atoms with E-state index in [0.717, 1.165) is 41.6 Å². The van der Waals surface area contributed by atoms with Crippen molar-refractivity contribution in [2.24, 2.45) is 11.8 Å². The van der Waals surface area contributed by atoms with Crippen LogP contribution in [0.25, 0.3) is 0 Å². The largest absolute Gasteiger partial charge is 0.322 e. The molecule has 3 fully saturated rings. The number of carbonyl (C=O) groups excluding carboxylic acids is 3. The lowest BCUT2D eigenvalue weighted by molar-refractivity contribution is -0.136. The first-order valence-corrected chi connectivity index (χ1v) is 10.8. The summed E-state index contributed by atoms with van der Waals surface area (Å²) in [5.74, 6) is 0.889. The average Bonchev–Trinajstić information content (AvgIpc) is 3.43. The number of fused-ring (bicyclic) bond motifs is 1. The van der Waals surface area contributed by atoms with Crippen molar-refractivity contribution < 1.29 is 14.4 Å². The lowest BCUT2D eigenvalue weighted by atomic mass is 9.93. The van der Waals surface area contributed by atoms with Gasteiger partial charge in [0.05, 0.1) is 0 Å². The Bertz CT molecular complexity index is 848. The van der Waals surface area contributed by atoms with Crippen LogP contribution in [0.4, 0.5) is 0 Å². The van der Waals surface area contributed by atoms with E-state index in [4.69, 9.17) is 0 Å². The number of hydrogen-bond acceptors (Lipinski definition) is 5. The number of imide groups is 1. The van der Waals surface area contributed by atoms with Gasteiger partial charge in [-0.2, -0.15) is 0 Å². The number of nitrogens with zero attached hydrogens (tertiary/aromatic N) is 1. The van der Waals surface area contributed by atoms with Gasteiger partial charge in [-0.1, -0.05) is 18.2 Å². The minimum atomic E-state index is -0.555. The second-order valence-electron chi connectivity index (χ2n) is 8.83. The summed E-state index contributed by atoms with van der Waals surface area (Å²) in [4.78, 5) is 38.4. The summed E-state index contributed by atoms with van der Waals surface area (Å²) >= 11 is 0. The molecule has 29 heavy (non-hydrogen) atoms. The van der Waals surface area contributed by atoms with Gasteiger partial charge in [-0.05, 0) is 61.7 Å². The van der Waals surface area contributed by atoms with Crippen LogP contribution >= 0.6 is 0 Å². The van der Waals surface area contributed by atoms with E-state index in [2.05, 4.69) is 16.0 Å². The maximum Gasteiger partial charge on any atom is 0.255 e. The molecule has 154 valence electrons. The average molecular weight is 396 g/mol. The summed E-state index contributed by atoms with van der Waals surface area (Å²) in [5.41, 5.74) is 2.73. The summed E-state index contributed by atoms with van der Waals surface area (Å²) in [5, 5.41) is 9.46. The third-order valence-electron chi connectivity index (χ3n) is 7.02. The zero-order valence-electron chi connectivity index (χ0n) is 16.6. The van der Waals surface area contributed by atoms with Crippen molar-refractivity contribution in [1.82, 2.24) is 20.9 Å². The molecule has 3 N–H and O–H groups in total. The van der Waals surface area contributed by atoms with E-state index in [1.54, 1.807) is 4.90 Å². The molecule has 7 heteroatoms. The Hall–Kier alpha value is -2.25. The molecule has 3 aliphatic heterocycles. The second kappa shape index (κ2) is 7.54. The molecule has 1 unspecified atom stereocenters. The molecule has 0 spiro atoms. The molecule has 0 bridgehead atoms. The summed E-state index contributed by atoms with van der Waals surface area (Å²) < 4.78 is 0. The van der Waals surface area contributed by atoms with Crippen LogP contribution in [0.3, 0.4) is 0 Å². The molecule has 3 amide bonds. The van der Waals surface area contributed by atoms with Crippen LogP contribution in [0.2, 0.25) is 0 Å². The van der Waals surface area contributed by atoms with Crippen LogP contribution in [-0.4, -0.2) is 47.8 Å². The normalized spacial score (nSPS) is 29.7. The molecule has 1 aromatic rings. The summed E-state index contributed by atoms with van der Waals surface area (Å²) in [6.45, 7) is 3.38. The van der Waals surface area contributed by atoms with E-state index in [1.165, 1.54) is 19.3 Å². The second-order valence-corrected chi connectivity index (χ2v) is 8.83. The number of rotatable bonds is 5. The van der Waals surface area contributed by atoms with Gasteiger partial charge in [0.15, 0.2) is 0 Å². The van der Waals surface area contributed by atoms with E-state index in [-0.39, 0.29) is 24.1 Å². The van der Waals surface area contributed by atoms with Gasteiger partial charge in [0.25, 0.3) is 5.91 Å². The van der Waals surface area contributed by atoms with Gasteiger partial charge < -0.3 is 15.5 Å². The van der Waals surface area contributed by atoms with E-state index in [0.29, 0.717) is 25.6 Å².